The maximum atomic E-state index is 5.81. The third kappa shape index (κ3) is 1.93. The number of nitrogens with two attached hydrogens (primary N) is 1. The summed E-state index contributed by atoms with van der Waals surface area (Å²) in [6.07, 6.45) is 0.796. The van der Waals surface area contributed by atoms with Crippen molar-refractivity contribution in [2.24, 2.45) is 5.73 Å². The van der Waals surface area contributed by atoms with Gasteiger partial charge in [0, 0.05) is 10.9 Å². The van der Waals surface area contributed by atoms with Gasteiger partial charge in [-0.15, -0.1) is 0 Å². The lowest BCUT2D eigenvalue weighted by atomic mass is 10.2. The number of aromatic nitrogens is 2. The van der Waals surface area contributed by atoms with E-state index >= 15 is 0 Å². The van der Waals surface area contributed by atoms with Crippen molar-refractivity contribution in [3.05, 3.63) is 22.2 Å². The van der Waals surface area contributed by atoms with E-state index < -0.39 is 0 Å². The Balaban J connectivity index is 2.32. The molecule has 0 fully saturated rings. The van der Waals surface area contributed by atoms with Crippen molar-refractivity contribution in [1.82, 2.24) is 10.1 Å². The van der Waals surface area contributed by atoms with Crippen LogP contribution in [0.3, 0.4) is 0 Å². The zero-order valence-electron chi connectivity index (χ0n) is 8.73. The van der Waals surface area contributed by atoms with E-state index in [0.29, 0.717) is 11.7 Å². The quantitative estimate of drug-likeness (QED) is 0.868. The molecule has 0 aliphatic carbocycles. The number of aryl methyl sites for hydroxylation is 1. The average Bonchev–Trinajstić information content (AvgIpc) is 2.84. The van der Waals surface area contributed by atoms with Gasteiger partial charge in [0.05, 0.1) is 6.04 Å². The van der Waals surface area contributed by atoms with E-state index in [0.717, 1.165) is 17.5 Å². The first-order valence-corrected chi connectivity index (χ1v) is 5.79. The number of hydrogen-bond donors (Lipinski definition) is 1. The van der Waals surface area contributed by atoms with Gasteiger partial charge in [0.15, 0.2) is 0 Å². The Morgan fingerprint density at radius 2 is 2.33 bits per heavy atom. The summed E-state index contributed by atoms with van der Waals surface area (Å²) in [6, 6.07) is -0.162. The number of thiophene rings is 1. The van der Waals surface area contributed by atoms with E-state index in [9.17, 15) is 0 Å². The molecule has 5 heteroatoms. The van der Waals surface area contributed by atoms with Gasteiger partial charge in [-0.2, -0.15) is 16.3 Å². The maximum Gasteiger partial charge on any atom is 0.243 e. The van der Waals surface area contributed by atoms with Crippen molar-refractivity contribution in [3.8, 4) is 11.4 Å². The Hall–Kier alpha value is -1.20. The predicted molar refractivity (Wildman–Crippen MR) is 59.6 cm³/mol. The predicted octanol–water partition coefficient (Wildman–Crippen LogP) is 2.52. The lowest BCUT2D eigenvalue weighted by Gasteiger charge is -1.98. The molecule has 2 aromatic heterocycles. The Bertz CT molecular complexity index is 449. The van der Waals surface area contributed by atoms with Crippen LogP contribution in [-0.2, 0) is 0 Å². The van der Waals surface area contributed by atoms with E-state index in [1.54, 1.807) is 11.3 Å². The monoisotopic (exact) mass is 223 g/mol. The van der Waals surface area contributed by atoms with Gasteiger partial charge in [-0.25, -0.2) is 0 Å². The summed E-state index contributed by atoms with van der Waals surface area (Å²) in [4.78, 5) is 4.29. The fraction of sp³-hybridized carbons (Fsp3) is 0.400. The van der Waals surface area contributed by atoms with Gasteiger partial charge < -0.3 is 10.3 Å². The van der Waals surface area contributed by atoms with Gasteiger partial charge in [-0.3, -0.25) is 0 Å². The maximum absolute atomic E-state index is 5.81. The van der Waals surface area contributed by atoms with Crippen LogP contribution in [0.5, 0.6) is 0 Å². The van der Waals surface area contributed by atoms with Crippen LogP contribution in [0, 0.1) is 6.92 Å². The molecule has 0 radical (unpaired) electrons. The van der Waals surface area contributed by atoms with E-state index in [4.69, 9.17) is 10.3 Å². The lowest BCUT2D eigenvalue weighted by molar-refractivity contribution is 0.352. The zero-order chi connectivity index (χ0) is 10.8. The molecule has 80 valence electrons. The summed E-state index contributed by atoms with van der Waals surface area (Å²) in [7, 11) is 0. The SMILES string of the molecule is CCC(N)c1nc(-c2cscc2C)no1. The molecule has 0 bridgehead atoms. The first kappa shape index (κ1) is 10.3. The number of rotatable bonds is 3. The summed E-state index contributed by atoms with van der Waals surface area (Å²) in [5, 5.41) is 8.01. The van der Waals surface area contributed by atoms with Crippen LogP contribution in [-0.4, -0.2) is 10.1 Å². The Kier molecular flexibility index (Phi) is 2.83. The highest BCUT2D eigenvalue weighted by Crippen LogP contribution is 2.25. The molecule has 2 rings (SSSR count). The molecule has 4 nitrogen and oxygen atoms in total. The van der Waals surface area contributed by atoms with Gasteiger partial charge in [-0.1, -0.05) is 12.1 Å². The summed E-state index contributed by atoms with van der Waals surface area (Å²) < 4.78 is 5.11. The van der Waals surface area contributed by atoms with E-state index in [2.05, 4.69) is 15.5 Å². The minimum Gasteiger partial charge on any atom is -0.337 e. The average molecular weight is 223 g/mol. The van der Waals surface area contributed by atoms with Crippen LogP contribution in [0.2, 0.25) is 0 Å². The minimum absolute atomic E-state index is 0.162. The first-order valence-electron chi connectivity index (χ1n) is 4.84. The second-order valence-corrected chi connectivity index (χ2v) is 4.18. The van der Waals surface area contributed by atoms with Crippen LogP contribution >= 0.6 is 11.3 Å². The molecule has 2 N–H and O–H groups in total. The number of nitrogens with zero attached hydrogens (tertiary/aromatic N) is 2. The number of hydrogen-bond acceptors (Lipinski definition) is 5. The molecule has 0 amide bonds. The molecule has 0 aliphatic rings. The van der Waals surface area contributed by atoms with Crippen molar-refractivity contribution < 1.29 is 4.52 Å². The van der Waals surface area contributed by atoms with E-state index in [1.807, 2.05) is 19.2 Å². The van der Waals surface area contributed by atoms with Crippen LogP contribution < -0.4 is 5.73 Å². The molecule has 15 heavy (non-hydrogen) atoms. The Morgan fingerprint density at radius 3 is 2.93 bits per heavy atom. The fourth-order valence-electron chi connectivity index (χ4n) is 1.26. The van der Waals surface area contributed by atoms with Gasteiger partial charge in [0.25, 0.3) is 0 Å². The van der Waals surface area contributed by atoms with Crippen LogP contribution in [0.15, 0.2) is 15.3 Å². The Labute approximate surface area is 92.1 Å². The van der Waals surface area contributed by atoms with Crippen LogP contribution in [0.4, 0.5) is 0 Å². The molecule has 2 aromatic rings. The second kappa shape index (κ2) is 4.12. The summed E-state index contributed by atoms with van der Waals surface area (Å²) in [6.45, 7) is 4.02. The largest absolute Gasteiger partial charge is 0.337 e. The lowest BCUT2D eigenvalue weighted by Crippen LogP contribution is -2.08. The molecule has 0 aliphatic heterocycles. The Morgan fingerprint density at radius 1 is 1.53 bits per heavy atom. The van der Waals surface area contributed by atoms with Crippen molar-refractivity contribution in [2.75, 3.05) is 0 Å². The third-order valence-corrected chi connectivity index (χ3v) is 3.16. The fourth-order valence-corrected chi connectivity index (χ4v) is 2.09. The summed E-state index contributed by atoms with van der Waals surface area (Å²) >= 11 is 1.63. The van der Waals surface area contributed by atoms with E-state index in [1.165, 1.54) is 0 Å². The molecular formula is C10H13N3OS. The topological polar surface area (TPSA) is 64.9 Å². The molecule has 2 heterocycles. The van der Waals surface area contributed by atoms with Crippen molar-refractivity contribution in [1.29, 1.82) is 0 Å². The minimum atomic E-state index is -0.162. The van der Waals surface area contributed by atoms with E-state index in [-0.39, 0.29) is 6.04 Å². The molecule has 1 unspecified atom stereocenters. The normalized spacial score (nSPS) is 13.0. The smallest absolute Gasteiger partial charge is 0.243 e. The molecule has 0 spiro atoms. The van der Waals surface area contributed by atoms with Gasteiger partial charge >= 0.3 is 0 Å². The summed E-state index contributed by atoms with van der Waals surface area (Å²) in [5.74, 6) is 1.14. The highest BCUT2D eigenvalue weighted by molar-refractivity contribution is 7.08. The standard InChI is InChI=1S/C10H13N3OS/c1-3-8(11)10-12-9(13-14-10)7-5-15-4-6(7)2/h4-5,8H,3,11H2,1-2H3. The first-order chi connectivity index (χ1) is 7.22. The van der Waals surface area contributed by atoms with Crippen LogP contribution in [0.25, 0.3) is 11.4 Å². The molecular weight excluding hydrogens is 210 g/mol. The van der Waals surface area contributed by atoms with Crippen molar-refractivity contribution >= 4 is 11.3 Å². The highest BCUT2D eigenvalue weighted by atomic mass is 32.1. The second-order valence-electron chi connectivity index (χ2n) is 3.44. The van der Waals surface area contributed by atoms with Gasteiger partial charge in [0.2, 0.25) is 11.7 Å². The van der Waals surface area contributed by atoms with Gasteiger partial charge in [0.1, 0.15) is 0 Å². The van der Waals surface area contributed by atoms with Crippen molar-refractivity contribution in [2.45, 2.75) is 26.3 Å². The highest BCUT2D eigenvalue weighted by Gasteiger charge is 2.15. The van der Waals surface area contributed by atoms with Gasteiger partial charge in [-0.05, 0) is 24.3 Å². The molecule has 0 saturated heterocycles. The summed E-state index contributed by atoms with van der Waals surface area (Å²) in [5.41, 5.74) is 8.00. The third-order valence-electron chi connectivity index (χ3n) is 2.30. The van der Waals surface area contributed by atoms with Crippen LogP contribution in [0.1, 0.15) is 30.8 Å². The van der Waals surface area contributed by atoms with Crippen molar-refractivity contribution in [3.63, 3.8) is 0 Å². The molecule has 0 aromatic carbocycles. The molecule has 1 atom stereocenters. The molecule has 0 saturated carbocycles. The zero-order valence-corrected chi connectivity index (χ0v) is 9.54.